The molecule has 4 heteroatoms. The van der Waals surface area contributed by atoms with Crippen LogP contribution in [0.5, 0.6) is 0 Å². The molecule has 0 spiro atoms. The quantitative estimate of drug-likeness (QED) is 0.670. The van der Waals surface area contributed by atoms with Gasteiger partial charge in [-0.1, -0.05) is 0 Å². The van der Waals surface area contributed by atoms with Crippen molar-refractivity contribution in [2.24, 2.45) is 0 Å². The minimum absolute atomic E-state index is 0.0454. The van der Waals surface area contributed by atoms with Crippen molar-refractivity contribution in [1.29, 1.82) is 0 Å². The van der Waals surface area contributed by atoms with Gasteiger partial charge >= 0.3 is 0 Å². The second kappa shape index (κ2) is 3.17. The van der Waals surface area contributed by atoms with Crippen LogP contribution in [-0.2, 0) is 4.74 Å². The molecule has 0 N–H and O–H groups in total. The molecule has 1 saturated heterocycles. The molecule has 76 valence electrons. The molecule has 2 nitrogen and oxygen atoms in total. The van der Waals surface area contributed by atoms with Gasteiger partial charge in [-0.25, -0.2) is 8.78 Å². The van der Waals surface area contributed by atoms with Gasteiger partial charge in [-0.2, -0.15) is 0 Å². The second-order valence-electron chi connectivity index (χ2n) is 4.16. The largest absolute Gasteiger partial charge is 0.377 e. The van der Waals surface area contributed by atoms with E-state index in [-0.39, 0.29) is 19.0 Å². The molecular formula is C9H15F2NO. The lowest BCUT2D eigenvalue weighted by Gasteiger charge is -2.17. The first-order chi connectivity index (χ1) is 6.07. The summed E-state index contributed by atoms with van der Waals surface area (Å²) in [4.78, 5) is 1.70. The maximum Gasteiger partial charge on any atom is 0.262 e. The molecule has 0 aromatic rings. The number of ether oxygens (including phenoxy) is 1. The van der Waals surface area contributed by atoms with E-state index < -0.39 is 5.92 Å². The van der Waals surface area contributed by atoms with Crippen molar-refractivity contribution in [2.75, 3.05) is 20.2 Å². The molecule has 0 bridgehead atoms. The van der Waals surface area contributed by atoms with Crippen molar-refractivity contribution in [1.82, 2.24) is 4.90 Å². The lowest BCUT2D eigenvalue weighted by molar-refractivity contribution is 0.0125. The lowest BCUT2D eigenvalue weighted by atomic mass is 10.2. The van der Waals surface area contributed by atoms with Gasteiger partial charge in [-0.15, -0.1) is 0 Å². The van der Waals surface area contributed by atoms with Crippen LogP contribution in [0, 0.1) is 0 Å². The van der Waals surface area contributed by atoms with Crippen molar-refractivity contribution in [3.8, 4) is 0 Å². The zero-order valence-electron chi connectivity index (χ0n) is 7.80. The van der Waals surface area contributed by atoms with Crippen LogP contribution >= 0.6 is 0 Å². The van der Waals surface area contributed by atoms with Crippen LogP contribution in [0.25, 0.3) is 0 Å². The Morgan fingerprint density at radius 2 is 2.15 bits per heavy atom. The second-order valence-corrected chi connectivity index (χ2v) is 4.16. The van der Waals surface area contributed by atoms with Crippen LogP contribution < -0.4 is 0 Å². The van der Waals surface area contributed by atoms with E-state index in [1.807, 2.05) is 0 Å². The SMILES string of the molecule is CN1CC(F)(F)CC1COC1CC1. The van der Waals surface area contributed by atoms with Crippen LogP contribution in [0.15, 0.2) is 0 Å². The third-order valence-corrected chi connectivity index (χ3v) is 2.69. The van der Waals surface area contributed by atoms with E-state index in [2.05, 4.69) is 0 Å². The first kappa shape index (κ1) is 9.34. The number of likely N-dealkylation sites (N-methyl/N-ethyl adjacent to an activating group) is 1. The summed E-state index contributed by atoms with van der Waals surface area (Å²) in [6.07, 6.45) is 2.53. The summed E-state index contributed by atoms with van der Waals surface area (Å²) in [6.45, 7) is 0.350. The molecule has 2 rings (SSSR count). The summed E-state index contributed by atoms with van der Waals surface area (Å²) >= 11 is 0. The smallest absolute Gasteiger partial charge is 0.262 e. The Morgan fingerprint density at radius 1 is 1.46 bits per heavy atom. The number of likely N-dealkylation sites (tertiary alicyclic amines) is 1. The third kappa shape index (κ3) is 2.38. The lowest BCUT2D eigenvalue weighted by Crippen LogP contribution is -2.29. The molecule has 2 fully saturated rings. The molecule has 1 unspecified atom stereocenters. The predicted octanol–water partition coefficient (Wildman–Crippen LogP) is 1.50. The van der Waals surface area contributed by atoms with Crippen LogP contribution in [0.1, 0.15) is 19.3 Å². The van der Waals surface area contributed by atoms with Crippen molar-refractivity contribution in [3.05, 3.63) is 0 Å². The highest BCUT2D eigenvalue weighted by Gasteiger charge is 2.43. The van der Waals surface area contributed by atoms with Crippen molar-refractivity contribution in [3.63, 3.8) is 0 Å². The van der Waals surface area contributed by atoms with Crippen LogP contribution in [0.3, 0.4) is 0 Å². The average molecular weight is 191 g/mol. The van der Waals surface area contributed by atoms with Gasteiger partial charge in [0.25, 0.3) is 5.92 Å². The summed E-state index contributed by atoms with van der Waals surface area (Å²) in [6, 6.07) is -0.0874. The summed E-state index contributed by atoms with van der Waals surface area (Å²) in [5.41, 5.74) is 0. The monoisotopic (exact) mass is 191 g/mol. The standard InChI is InChI=1S/C9H15F2NO/c1-12-6-9(10,11)4-7(12)5-13-8-2-3-8/h7-8H,2-6H2,1H3. The van der Waals surface area contributed by atoms with Crippen molar-refractivity contribution in [2.45, 2.75) is 37.3 Å². The van der Waals surface area contributed by atoms with E-state index in [4.69, 9.17) is 4.74 Å². The Morgan fingerprint density at radius 3 is 2.62 bits per heavy atom. The van der Waals surface area contributed by atoms with Gasteiger partial charge in [0.05, 0.1) is 19.3 Å². The van der Waals surface area contributed by atoms with Gasteiger partial charge in [0.2, 0.25) is 0 Å². The molecule has 0 radical (unpaired) electrons. The number of alkyl halides is 2. The van der Waals surface area contributed by atoms with Crippen molar-refractivity contribution >= 4 is 0 Å². The van der Waals surface area contributed by atoms with E-state index in [1.165, 1.54) is 0 Å². The molecule has 0 aromatic carbocycles. The first-order valence-electron chi connectivity index (χ1n) is 4.76. The van der Waals surface area contributed by atoms with E-state index in [1.54, 1.807) is 11.9 Å². The predicted molar refractivity (Wildman–Crippen MR) is 45.0 cm³/mol. The molecule has 1 aliphatic heterocycles. The highest BCUT2D eigenvalue weighted by molar-refractivity contribution is 4.89. The Kier molecular flexibility index (Phi) is 2.28. The van der Waals surface area contributed by atoms with Gasteiger partial charge in [0.1, 0.15) is 0 Å². The molecule has 1 atom stereocenters. The highest BCUT2D eigenvalue weighted by atomic mass is 19.3. The maximum absolute atomic E-state index is 12.9. The summed E-state index contributed by atoms with van der Waals surface area (Å²) < 4.78 is 31.2. The maximum atomic E-state index is 12.9. The number of hydrogen-bond donors (Lipinski definition) is 0. The molecule has 1 heterocycles. The fraction of sp³-hybridized carbons (Fsp3) is 1.00. The molecule has 0 aromatic heterocycles. The zero-order valence-corrected chi connectivity index (χ0v) is 7.80. The Bertz CT molecular complexity index is 194. The van der Waals surface area contributed by atoms with Gasteiger partial charge in [-0.3, -0.25) is 4.90 Å². The molecule has 2 aliphatic rings. The van der Waals surface area contributed by atoms with E-state index in [9.17, 15) is 8.78 Å². The van der Waals surface area contributed by atoms with Crippen LogP contribution in [0.4, 0.5) is 8.78 Å². The fourth-order valence-corrected chi connectivity index (χ4v) is 1.73. The molecule has 1 aliphatic carbocycles. The van der Waals surface area contributed by atoms with E-state index in [0.29, 0.717) is 12.7 Å². The average Bonchev–Trinajstić information content (AvgIpc) is 2.75. The summed E-state index contributed by atoms with van der Waals surface area (Å²) in [7, 11) is 1.74. The van der Waals surface area contributed by atoms with E-state index in [0.717, 1.165) is 12.8 Å². The van der Waals surface area contributed by atoms with E-state index >= 15 is 0 Å². The third-order valence-electron chi connectivity index (χ3n) is 2.69. The minimum Gasteiger partial charge on any atom is -0.377 e. The Hall–Kier alpha value is -0.220. The normalized spacial score (nSPS) is 33.9. The number of nitrogens with zero attached hydrogens (tertiary/aromatic N) is 1. The molecule has 1 saturated carbocycles. The zero-order chi connectivity index (χ0) is 9.47. The number of halogens is 2. The molecule has 0 amide bonds. The van der Waals surface area contributed by atoms with Gasteiger partial charge in [0.15, 0.2) is 0 Å². The Balaban J connectivity index is 1.78. The first-order valence-corrected chi connectivity index (χ1v) is 4.76. The van der Waals surface area contributed by atoms with Gasteiger partial charge in [0, 0.05) is 12.5 Å². The number of rotatable bonds is 3. The van der Waals surface area contributed by atoms with Gasteiger partial charge in [-0.05, 0) is 19.9 Å². The highest BCUT2D eigenvalue weighted by Crippen LogP contribution is 2.32. The van der Waals surface area contributed by atoms with Gasteiger partial charge < -0.3 is 4.74 Å². The van der Waals surface area contributed by atoms with Crippen molar-refractivity contribution < 1.29 is 13.5 Å². The van der Waals surface area contributed by atoms with Crippen LogP contribution in [0.2, 0.25) is 0 Å². The topological polar surface area (TPSA) is 12.5 Å². The Labute approximate surface area is 76.9 Å². The minimum atomic E-state index is -2.51. The number of hydrogen-bond acceptors (Lipinski definition) is 2. The summed E-state index contributed by atoms with van der Waals surface area (Å²) in [5, 5.41) is 0. The molecular weight excluding hydrogens is 176 g/mol. The summed E-state index contributed by atoms with van der Waals surface area (Å²) in [5.74, 6) is -2.51. The molecule has 13 heavy (non-hydrogen) atoms. The fourth-order valence-electron chi connectivity index (χ4n) is 1.73. The van der Waals surface area contributed by atoms with Crippen LogP contribution in [-0.4, -0.2) is 43.2 Å².